The van der Waals surface area contributed by atoms with Crippen LogP contribution in [-0.2, 0) is 23.9 Å². The minimum Gasteiger partial charge on any atom is -0.481 e. The fourth-order valence-electron chi connectivity index (χ4n) is 2.56. The molecule has 2 rings (SSSR count). The summed E-state index contributed by atoms with van der Waals surface area (Å²) < 4.78 is 39.2. The first-order chi connectivity index (χ1) is 11.3. The third kappa shape index (κ3) is 4.35. The summed E-state index contributed by atoms with van der Waals surface area (Å²) in [6.07, 6.45) is -5.25. The van der Waals surface area contributed by atoms with Crippen molar-refractivity contribution in [2.45, 2.75) is 26.1 Å². The Morgan fingerprint density at radius 1 is 1.12 bits per heavy atom. The smallest absolute Gasteiger partial charge is 0.416 e. The quantitative estimate of drug-likeness (QED) is 0.834. The van der Waals surface area contributed by atoms with Gasteiger partial charge in [-0.15, -0.1) is 0 Å². The molecule has 0 aliphatic carbocycles. The Labute approximate surface area is 138 Å². The normalized spacial score (nSPS) is 11.5. The van der Waals surface area contributed by atoms with Gasteiger partial charge < -0.3 is 10.4 Å². The molecule has 24 heavy (non-hydrogen) atoms. The monoisotopic (exact) mass is 337 g/mol. The molecule has 0 amide bonds. The Hall–Kier alpha value is -2.34. The molecule has 3 nitrogen and oxygen atoms in total. The van der Waals surface area contributed by atoms with Gasteiger partial charge in [-0.3, -0.25) is 4.79 Å². The number of nitrogens with one attached hydrogen (secondary N) is 1. The van der Waals surface area contributed by atoms with E-state index in [0.717, 1.165) is 23.7 Å². The van der Waals surface area contributed by atoms with Crippen LogP contribution in [0.5, 0.6) is 0 Å². The van der Waals surface area contributed by atoms with Crippen LogP contribution in [-0.4, -0.2) is 17.6 Å². The van der Waals surface area contributed by atoms with Crippen molar-refractivity contribution < 1.29 is 23.1 Å². The molecule has 0 saturated heterocycles. The van der Waals surface area contributed by atoms with Gasteiger partial charge in [-0.25, -0.2) is 0 Å². The lowest BCUT2D eigenvalue weighted by molar-refractivity contribution is -0.139. The van der Waals surface area contributed by atoms with Crippen molar-refractivity contribution in [2.24, 2.45) is 0 Å². The zero-order chi connectivity index (χ0) is 17.7. The number of carbonyl (C=O) groups is 1. The molecular weight excluding hydrogens is 319 g/mol. The Morgan fingerprint density at radius 3 is 2.46 bits per heavy atom. The maximum Gasteiger partial charge on any atom is 0.416 e. The molecule has 2 aromatic carbocycles. The first-order valence-electron chi connectivity index (χ1n) is 7.53. The Morgan fingerprint density at radius 2 is 1.83 bits per heavy atom. The SMILES string of the molecule is CCNCc1ccccc1-c1ccc(C(F)(F)F)c(CC(=O)O)c1. The van der Waals surface area contributed by atoms with Crippen LogP contribution >= 0.6 is 0 Å². The summed E-state index contributed by atoms with van der Waals surface area (Å²) >= 11 is 0. The highest BCUT2D eigenvalue weighted by Gasteiger charge is 2.33. The number of hydrogen-bond donors (Lipinski definition) is 2. The number of carboxylic acids is 1. The van der Waals surface area contributed by atoms with E-state index >= 15 is 0 Å². The lowest BCUT2D eigenvalue weighted by Crippen LogP contribution is -2.13. The predicted octanol–water partition coefficient (Wildman–Crippen LogP) is 4.11. The van der Waals surface area contributed by atoms with E-state index in [9.17, 15) is 18.0 Å². The lowest BCUT2D eigenvalue weighted by atomic mass is 9.94. The number of rotatable bonds is 6. The van der Waals surface area contributed by atoms with E-state index in [-0.39, 0.29) is 5.56 Å². The molecule has 0 radical (unpaired) electrons. The van der Waals surface area contributed by atoms with Gasteiger partial charge in [-0.2, -0.15) is 13.2 Å². The molecule has 0 unspecified atom stereocenters. The number of benzene rings is 2. The molecule has 2 N–H and O–H groups in total. The summed E-state index contributed by atoms with van der Waals surface area (Å²) in [5, 5.41) is 12.1. The third-order valence-corrected chi connectivity index (χ3v) is 3.65. The molecule has 6 heteroatoms. The Bertz CT molecular complexity index is 726. The number of aliphatic carboxylic acids is 1. The van der Waals surface area contributed by atoms with Gasteiger partial charge in [0.1, 0.15) is 0 Å². The van der Waals surface area contributed by atoms with Gasteiger partial charge in [0.2, 0.25) is 0 Å². The molecule has 0 atom stereocenters. The topological polar surface area (TPSA) is 49.3 Å². The van der Waals surface area contributed by atoms with Crippen molar-refractivity contribution in [1.29, 1.82) is 0 Å². The van der Waals surface area contributed by atoms with E-state index in [1.54, 1.807) is 6.07 Å². The summed E-state index contributed by atoms with van der Waals surface area (Å²) in [5.74, 6) is -1.29. The molecule has 128 valence electrons. The number of alkyl halides is 3. The second kappa shape index (κ2) is 7.49. The molecule has 0 aliphatic heterocycles. The minimum atomic E-state index is -4.58. The molecule has 0 spiro atoms. The maximum absolute atomic E-state index is 13.1. The average molecular weight is 337 g/mol. The number of carboxylic acid groups (broad SMARTS) is 1. The van der Waals surface area contributed by atoms with Gasteiger partial charge in [0.25, 0.3) is 0 Å². The molecule has 0 fully saturated rings. The van der Waals surface area contributed by atoms with E-state index in [1.807, 2.05) is 25.1 Å². The highest BCUT2D eigenvalue weighted by atomic mass is 19.4. The van der Waals surface area contributed by atoms with Crippen molar-refractivity contribution in [3.05, 3.63) is 59.2 Å². The van der Waals surface area contributed by atoms with Gasteiger partial charge in [0, 0.05) is 6.54 Å². The van der Waals surface area contributed by atoms with E-state index < -0.39 is 24.1 Å². The lowest BCUT2D eigenvalue weighted by Gasteiger charge is -2.15. The summed E-state index contributed by atoms with van der Waals surface area (Å²) in [5.41, 5.74) is 1.18. The Kier molecular flexibility index (Phi) is 5.62. The third-order valence-electron chi connectivity index (χ3n) is 3.65. The summed E-state index contributed by atoms with van der Waals surface area (Å²) in [4.78, 5) is 10.9. The van der Waals surface area contributed by atoms with Gasteiger partial charge in [0.05, 0.1) is 12.0 Å². The standard InChI is InChI=1S/C18H18F3NO2/c1-2-22-11-13-5-3-4-6-15(13)12-7-8-16(18(19,20)21)14(9-12)10-17(23)24/h3-9,22H,2,10-11H2,1H3,(H,23,24). The van der Waals surface area contributed by atoms with Crippen LogP contribution in [0.25, 0.3) is 11.1 Å². The first-order valence-corrected chi connectivity index (χ1v) is 7.53. The van der Waals surface area contributed by atoms with E-state index in [2.05, 4.69) is 5.32 Å². The van der Waals surface area contributed by atoms with Crippen LogP contribution in [0.15, 0.2) is 42.5 Å². The minimum absolute atomic E-state index is 0.231. The van der Waals surface area contributed by atoms with Crippen molar-refractivity contribution in [3.8, 4) is 11.1 Å². The van der Waals surface area contributed by atoms with Crippen molar-refractivity contribution >= 4 is 5.97 Å². The fourth-order valence-corrected chi connectivity index (χ4v) is 2.56. The second-order valence-corrected chi connectivity index (χ2v) is 5.38. The second-order valence-electron chi connectivity index (χ2n) is 5.38. The van der Waals surface area contributed by atoms with Crippen molar-refractivity contribution in [3.63, 3.8) is 0 Å². The molecule has 0 heterocycles. The fraction of sp³-hybridized carbons (Fsp3) is 0.278. The summed E-state index contributed by atoms with van der Waals surface area (Å²) in [6, 6.07) is 11.0. The molecule has 0 aliphatic rings. The number of halogens is 3. The Balaban J connectivity index is 2.51. The predicted molar refractivity (Wildman–Crippen MR) is 85.6 cm³/mol. The van der Waals surface area contributed by atoms with Crippen molar-refractivity contribution in [1.82, 2.24) is 5.32 Å². The maximum atomic E-state index is 13.1. The van der Waals surface area contributed by atoms with Crippen LogP contribution in [0, 0.1) is 0 Å². The van der Waals surface area contributed by atoms with Crippen LogP contribution in [0.3, 0.4) is 0 Å². The average Bonchev–Trinajstić information content (AvgIpc) is 2.51. The van der Waals surface area contributed by atoms with Gasteiger partial charge >= 0.3 is 12.1 Å². The highest BCUT2D eigenvalue weighted by Crippen LogP contribution is 2.35. The summed E-state index contributed by atoms with van der Waals surface area (Å²) in [6.45, 7) is 3.32. The van der Waals surface area contributed by atoms with Crippen LogP contribution in [0.1, 0.15) is 23.6 Å². The van der Waals surface area contributed by atoms with Gasteiger partial charge in [0.15, 0.2) is 0 Å². The molecule has 2 aromatic rings. The van der Waals surface area contributed by atoms with Gasteiger partial charge in [-0.05, 0) is 40.9 Å². The largest absolute Gasteiger partial charge is 0.481 e. The van der Waals surface area contributed by atoms with E-state index in [4.69, 9.17) is 5.11 Å². The van der Waals surface area contributed by atoms with E-state index in [0.29, 0.717) is 12.1 Å². The van der Waals surface area contributed by atoms with Gasteiger partial charge in [-0.1, -0.05) is 37.3 Å². The van der Waals surface area contributed by atoms with Crippen LogP contribution in [0.4, 0.5) is 13.2 Å². The molecular formula is C18H18F3NO2. The zero-order valence-corrected chi connectivity index (χ0v) is 13.2. The molecule has 0 bridgehead atoms. The molecule has 0 saturated carbocycles. The van der Waals surface area contributed by atoms with Crippen LogP contribution < -0.4 is 5.32 Å². The number of hydrogen-bond acceptors (Lipinski definition) is 2. The van der Waals surface area contributed by atoms with E-state index in [1.165, 1.54) is 12.1 Å². The van der Waals surface area contributed by atoms with Crippen molar-refractivity contribution in [2.75, 3.05) is 6.54 Å². The first kappa shape index (κ1) is 18.0. The summed E-state index contributed by atoms with van der Waals surface area (Å²) in [7, 11) is 0. The zero-order valence-electron chi connectivity index (χ0n) is 13.2. The molecule has 0 aromatic heterocycles. The van der Waals surface area contributed by atoms with Crippen LogP contribution in [0.2, 0.25) is 0 Å². The highest BCUT2D eigenvalue weighted by molar-refractivity contribution is 5.74.